The molecule has 86 valence electrons. The van der Waals surface area contributed by atoms with Gasteiger partial charge in [0.2, 0.25) is 0 Å². The van der Waals surface area contributed by atoms with Gasteiger partial charge in [-0.2, -0.15) is 5.10 Å². The predicted octanol–water partition coefficient (Wildman–Crippen LogP) is 0.523. The molecule has 0 spiro atoms. The summed E-state index contributed by atoms with van der Waals surface area (Å²) >= 11 is 0. The molecule has 3 N–H and O–H groups in total. The van der Waals surface area contributed by atoms with Gasteiger partial charge in [-0.05, 0) is 13.3 Å². The van der Waals surface area contributed by atoms with Crippen LogP contribution in [0, 0.1) is 0 Å². The smallest absolute Gasteiger partial charge is 0.0727 e. The van der Waals surface area contributed by atoms with E-state index in [2.05, 4.69) is 17.4 Å². The second-order valence-corrected chi connectivity index (χ2v) is 3.44. The molecule has 0 radical (unpaired) electrons. The molecule has 0 aliphatic heterocycles. The van der Waals surface area contributed by atoms with Crippen molar-refractivity contribution < 1.29 is 4.74 Å². The van der Waals surface area contributed by atoms with Crippen molar-refractivity contribution in [3.63, 3.8) is 0 Å². The summed E-state index contributed by atoms with van der Waals surface area (Å²) in [7, 11) is 1.91. The normalized spacial score (nSPS) is 13.1. The van der Waals surface area contributed by atoms with Gasteiger partial charge in [0.05, 0.1) is 18.3 Å². The van der Waals surface area contributed by atoms with E-state index in [-0.39, 0.29) is 6.04 Å². The van der Waals surface area contributed by atoms with Crippen LogP contribution in [0.15, 0.2) is 6.20 Å². The maximum Gasteiger partial charge on any atom is 0.0727 e. The average Bonchev–Trinajstić information content (AvgIpc) is 2.61. The molecule has 0 saturated carbocycles. The number of hydrogen-bond acceptors (Lipinski definition) is 4. The summed E-state index contributed by atoms with van der Waals surface area (Å²) in [5.41, 5.74) is 4.95. The minimum atomic E-state index is 0.0219. The van der Waals surface area contributed by atoms with E-state index in [9.17, 15) is 0 Å². The third-order valence-corrected chi connectivity index (χ3v) is 2.34. The SMILES string of the molecule is CCOCC(NN)c1cn(C)nc1CC. The average molecular weight is 212 g/mol. The Morgan fingerprint density at radius 1 is 1.60 bits per heavy atom. The fraction of sp³-hybridized carbons (Fsp3) is 0.700. The maximum atomic E-state index is 5.51. The van der Waals surface area contributed by atoms with Crippen molar-refractivity contribution in [3.8, 4) is 0 Å². The van der Waals surface area contributed by atoms with Crippen LogP contribution < -0.4 is 11.3 Å². The number of nitrogens with one attached hydrogen (secondary N) is 1. The minimum Gasteiger partial charge on any atom is -0.380 e. The first-order chi connectivity index (χ1) is 7.22. The highest BCUT2D eigenvalue weighted by Crippen LogP contribution is 2.17. The third kappa shape index (κ3) is 3.02. The van der Waals surface area contributed by atoms with Gasteiger partial charge in [-0.3, -0.25) is 16.0 Å². The van der Waals surface area contributed by atoms with E-state index in [4.69, 9.17) is 10.6 Å². The summed E-state index contributed by atoms with van der Waals surface area (Å²) in [6.07, 6.45) is 2.89. The van der Waals surface area contributed by atoms with E-state index in [1.165, 1.54) is 0 Å². The van der Waals surface area contributed by atoms with E-state index in [1.54, 1.807) is 0 Å². The van der Waals surface area contributed by atoms with Crippen LogP contribution in [0.4, 0.5) is 0 Å². The topological polar surface area (TPSA) is 65.1 Å². The highest BCUT2D eigenvalue weighted by atomic mass is 16.5. The number of hydrogen-bond donors (Lipinski definition) is 2. The molecular formula is C10H20N4O. The maximum absolute atomic E-state index is 5.51. The highest BCUT2D eigenvalue weighted by molar-refractivity contribution is 5.21. The zero-order valence-corrected chi connectivity index (χ0v) is 9.66. The van der Waals surface area contributed by atoms with Gasteiger partial charge >= 0.3 is 0 Å². The summed E-state index contributed by atoms with van der Waals surface area (Å²) in [5.74, 6) is 5.51. The fourth-order valence-electron chi connectivity index (χ4n) is 1.58. The van der Waals surface area contributed by atoms with E-state index in [0.717, 1.165) is 17.7 Å². The molecule has 0 amide bonds. The Bertz CT molecular complexity index is 298. The highest BCUT2D eigenvalue weighted by Gasteiger charge is 2.16. The fourth-order valence-corrected chi connectivity index (χ4v) is 1.58. The third-order valence-electron chi connectivity index (χ3n) is 2.34. The molecule has 1 unspecified atom stereocenters. The first-order valence-electron chi connectivity index (χ1n) is 5.29. The summed E-state index contributed by atoms with van der Waals surface area (Å²) in [6, 6.07) is 0.0219. The van der Waals surface area contributed by atoms with Gasteiger partial charge in [0.1, 0.15) is 0 Å². The van der Waals surface area contributed by atoms with Crippen LogP contribution in [-0.2, 0) is 18.2 Å². The van der Waals surface area contributed by atoms with E-state index < -0.39 is 0 Å². The quantitative estimate of drug-likeness (QED) is 0.533. The molecule has 1 aromatic heterocycles. The molecule has 15 heavy (non-hydrogen) atoms. The summed E-state index contributed by atoms with van der Waals surface area (Å²) in [6.45, 7) is 5.32. The van der Waals surface area contributed by atoms with E-state index in [1.807, 2.05) is 24.9 Å². The monoisotopic (exact) mass is 212 g/mol. The second-order valence-electron chi connectivity index (χ2n) is 3.44. The number of hydrazine groups is 1. The zero-order chi connectivity index (χ0) is 11.3. The van der Waals surface area contributed by atoms with Gasteiger partial charge < -0.3 is 4.74 Å². The number of ether oxygens (including phenoxy) is 1. The Morgan fingerprint density at radius 2 is 2.33 bits per heavy atom. The summed E-state index contributed by atoms with van der Waals surface area (Å²) < 4.78 is 7.18. The number of rotatable bonds is 6. The van der Waals surface area contributed by atoms with Crippen LogP contribution >= 0.6 is 0 Å². The first-order valence-corrected chi connectivity index (χ1v) is 5.29. The molecule has 0 aromatic carbocycles. The zero-order valence-electron chi connectivity index (χ0n) is 9.66. The minimum absolute atomic E-state index is 0.0219. The van der Waals surface area contributed by atoms with Crippen molar-refractivity contribution in [2.24, 2.45) is 12.9 Å². The van der Waals surface area contributed by atoms with Crippen molar-refractivity contribution in [3.05, 3.63) is 17.5 Å². The molecule has 0 saturated heterocycles. The Balaban J connectivity index is 2.80. The molecule has 1 rings (SSSR count). The van der Waals surface area contributed by atoms with Gasteiger partial charge in [-0.15, -0.1) is 0 Å². The lowest BCUT2D eigenvalue weighted by Crippen LogP contribution is -2.31. The van der Waals surface area contributed by atoms with Gasteiger partial charge in [0.25, 0.3) is 0 Å². The first kappa shape index (κ1) is 12.2. The van der Waals surface area contributed by atoms with Crippen LogP contribution in [0.3, 0.4) is 0 Å². The lowest BCUT2D eigenvalue weighted by atomic mass is 10.1. The largest absolute Gasteiger partial charge is 0.380 e. The summed E-state index contributed by atoms with van der Waals surface area (Å²) in [4.78, 5) is 0. The van der Waals surface area contributed by atoms with Crippen molar-refractivity contribution in [1.82, 2.24) is 15.2 Å². The van der Waals surface area contributed by atoms with Gasteiger partial charge in [-0.25, -0.2) is 0 Å². The van der Waals surface area contributed by atoms with Gasteiger partial charge in [-0.1, -0.05) is 6.92 Å². The van der Waals surface area contributed by atoms with Gasteiger partial charge in [0, 0.05) is 25.4 Å². The van der Waals surface area contributed by atoms with E-state index in [0.29, 0.717) is 13.2 Å². The molecular weight excluding hydrogens is 192 g/mol. The van der Waals surface area contributed by atoms with Crippen LogP contribution in [0.2, 0.25) is 0 Å². The van der Waals surface area contributed by atoms with Crippen molar-refractivity contribution in [2.75, 3.05) is 13.2 Å². The van der Waals surface area contributed by atoms with E-state index >= 15 is 0 Å². The van der Waals surface area contributed by atoms with Gasteiger partial charge in [0.15, 0.2) is 0 Å². The molecule has 0 aliphatic rings. The van der Waals surface area contributed by atoms with Crippen LogP contribution in [-0.4, -0.2) is 23.0 Å². The van der Waals surface area contributed by atoms with Crippen molar-refractivity contribution in [1.29, 1.82) is 0 Å². The van der Waals surface area contributed by atoms with Crippen LogP contribution in [0.1, 0.15) is 31.1 Å². The molecule has 0 bridgehead atoms. The van der Waals surface area contributed by atoms with Crippen LogP contribution in [0.5, 0.6) is 0 Å². The molecule has 1 atom stereocenters. The second kappa shape index (κ2) is 5.85. The Kier molecular flexibility index (Phi) is 4.74. The Morgan fingerprint density at radius 3 is 2.87 bits per heavy atom. The Labute approximate surface area is 90.6 Å². The lowest BCUT2D eigenvalue weighted by Gasteiger charge is -2.15. The van der Waals surface area contributed by atoms with Crippen LogP contribution in [0.25, 0.3) is 0 Å². The van der Waals surface area contributed by atoms with Crippen molar-refractivity contribution in [2.45, 2.75) is 26.3 Å². The summed E-state index contributed by atoms with van der Waals surface area (Å²) in [5, 5.41) is 4.37. The van der Waals surface area contributed by atoms with Crippen molar-refractivity contribution >= 4 is 0 Å². The predicted molar refractivity (Wildman–Crippen MR) is 59.1 cm³/mol. The molecule has 5 nitrogen and oxygen atoms in total. The molecule has 1 heterocycles. The standard InChI is InChI=1S/C10H20N4O/c1-4-9-8(6-14(3)13-9)10(12-11)7-15-5-2/h6,10,12H,4-5,7,11H2,1-3H3. The number of aryl methyl sites for hydroxylation is 2. The lowest BCUT2D eigenvalue weighted by molar-refractivity contribution is 0.123. The number of aromatic nitrogens is 2. The molecule has 0 fully saturated rings. The molecule has 0 aliphatic carbocycles. The molecule has 1 aromatic rings. The Hall–Kier alpha value is -0.910. The molecule has 5 heteroatoms. The number of nitrogens with two attached hydrogens (primary N) is 1. The number of nitrogens with zero attached hydrogens (tertiary/aromatic N) is 2.